The van der Waals surface area contributed by atoms with E-state index in [4.69, 9.17) is 4.74 Å². The maximum atomic E-state index is 14.0. The molecule has 240 valence electrons. The number of nitriles is 1. The third kappa shape index (κ3) is 8.76. The van der Waals surface area contributed by atoms with Crippen molar-refractivity contribution >= 4 is 11.7 Å². The summed E-state index contributed by atoms with van der Waals surface area (Å²) in [5, 5.41) is 15.1. The predicted octanol–water partition coefficient (Wildman–Crippen LogP) is 7.33. The van der Waals surface area contributed by atoms with Gasteiger partial charge in [0.25, 0.3) is 5.56 Å². The summed E-state index contributed by atoms with van der Waals surface area (Å²) in [7, 11) is 4.00. The number of aryl methyl sites for hydroxylation is 2. The summed E-state index contributed by atoms with van der Waals surface area (Å²) in [5.74, 6) is 0.820. The van der Waals surface area contributed by atoms with Crippen LogP contribution in [0.25, 0.3) is 11.3 Å². The third-order valence-electron chi connectivity index (χ3n) is 7.34. The Bertz CT molecular complexity index is 1790. The van der Waals surface area contributed by atoms with Gasteiger partial charge < -0.3 is 24.8 Å². The standard InChI is InChI=1S/C35H36F3N5O3/c1-23-10-11-26(24(2)18-23)22-43-32(20-31(35(36,37)38)30(21-39)33(43)44)25-12-14-28(15-13-25)46-29-9-7-8-27(19-29)41-34(45)40-16-5-6-17-42(3)4/h7-15,18-20H,5-6,16-17,22H2,1-4H3,(H2,40,41,45). The zero-order chi connectivity index (χ0) is 33.4. The van der Waals surface area contributed by atoms with Gasteiger partial charge in [-0.05, 0) is 106 Å². The van der Waals surface area contributed by atoms with Gasteiger partial charge in [-0.15, -0.1) is 0 Å². The fourth-order valence-electron chi connectivity index (χ4n) is 4.97. The minimum absolute atomic E-state index is 0.0155. The van der Waals surface area contributed by atoms with Crippen molar-refractivity contribution < 1.29 is 22.7 Å². The molecule has 0 aliphatic rings. The molecule has 8 nitrogen and oxygen atoms in total. The maximum Gasteiger partial charge on any atom is 0.417 e. The molecule has 0 aliphatic heterocycles. The Morgan fingerprint density at radius 3 is 2.37 bits per heavy atom. The van der Waals surface area contributed by atoms with Gasteiger partial charge in [-0.25, -0.2) is 4.79 Å². The predicted molar refractivity (Wildman–Crippen MR) is 172 cm³/mol. The van der Waals surface area contributed by atoms with Gasteiger partial charge in [-0.1, -0.05) is 29.8 Å². The molecule has 4 aromatic rings. The second kappa shape index (κ2) is 14.8. The molecule has 11 heteroatoms. The number of halogens is 3. The van der Waals surface area contributed by atoms with Crippen molar-refractivity contribution in [3.05, 3.63) is 111 Å². The highest BCUT2D eigenvalue weighted by molar-refractivity contribution is 5.89. The summed E-state index contributed by atoms with van der Waals surface area (Å²) >= 11 is 0. The number of rotatable bonds is 11. The first-order valence-electron chi connectivity index (χ1n) is 14.7. The third-order valence-corrected chi connectivity index (χ3v) is 7.34. The topological polar surface area (TPSA) is 99.4 Å². The van der Waals surface area contributed by atoms with E-state index < -0.39 is 22.9 Å². The highest BCUT2D eigenvalue weighted by Gasteiger charge is 2.36. The minimum Gasteiger partial charge on any atom is -0.457 e. The van der Waals surface area contributed by atoms with Crippen LogP contribution < -0.4 is 20.9 Å². The van der Waals surface area contributed by atoms with E-state index in [-0.39, 0.29) is 18.3 Å². The lowest BCUT2D eigenvalue weighted by molar-refractivity contribution is -0.137. The van der Waals surface area contributed by atoms with Crippen molar-refractivity contribution in [2.45, 2.75) is 39.4 Å². The number of amides is 2. The van der Waals surface area contributed by atoms with Crippen molar-refractivity contribution in [2.24, 2.45) is 0 Å². The molecule has 0 bridgehead atoms. The molecule has 4 rings (SSSR count). The molecule has 0 aliphatic carbocycles. The van der Waals surface area contributed by atoms with Gasteiger partial charge in [-0.2, -0.15) is 18.4 Å². The molecule has 3 aromatic carbocycles. The molecule has 0 spiro atoms. The molecular weight excluding hydrogens is 595 g/mol. The van der Waals surface area contributed by atoms with Crippen LogP contribution in [-0.4, -0.2) is 42.7 Å². The number of anilines is 1. The number of aromatic nitrogens is 1. The van der Waals surface area contributed by atoms with Crippen LogP contribution in [0.4, 0.5) is 23.7 Å². The molecule has 0 saturated carbocycles. The number of hydrogen-bond acceptors (Lipinski definition) is 5. The SMILES string of the molecule is Cc1ccc(Cn2c(-c3ccc(Oc4cccc(NC(=O)NCCCCN(C)C)c4)cc3)cc(C(F)(F)F)c(C#N)c2=O)c(C)c1. The first-order chi connectivity index (χ1) is 21.8. The molecule has 0 radical (unpaired) electrons. The number of nitrogens with one attached hydrogen (secondary N) is 2. The van der Waals surface area contributed by atoms with Gasteiger partial charge in [0, 0.05) is 18.3 Å². The molecule has 0 atom stereocenters. The number of nitrogens with zero attached hydrogens (tertiary/aromatic N) is 3. The number of alkyl halides is 3. The normalized spacial score (nSPS) is 11.3. The van der Waals surface area contributed by atoms with E-state index >= 15 is 0 Å². The van der Waals surface area contributed by atoms with Crippen LogP contribution in [0.15, 0.2) is 77.6 Å². The number of ether oxygens (including phenoxy) is 1. The van der Waals surface area contributed by atoms with Crippen LogP contribution >= 0.6 is 0 Å². The lowest BCUT2D eigenvalue weighted by Crippen LogP contribution is -2.29. The number of unbranched alkanes of at least 4 members (excludes halogenated alkanes) is 1. The van der Waals surface area contributed by atoms with Crippen molar-refractivity contribution in [1.29, 1.82) is 5.26 Å². The number of benzene rings is 3. The molecule has 0 fully saturated rings. The lowest BCUT2D eigenvalue weighted by Gasteiger charge is -2.19. The molecular formula is C35H36F3N5O3. The maximum absolute atomic E-state index is 14.0. The lowest BCUT2D eigenvalue weighted by atomic mass is 10.0. The molecule has 0 unspecified atom stereocenters. The zero-order valence-corrected chi connectivity index (χ0v) is 26.2. The first kappa shape index (κ1) is 33.8. The van der Waals surface area contributed by atoms with Gasteiger partial charge in [-0.3, -0.25) is 4.79 Å². The summed E-state index contributed by atoms with van der Waals surface area (Å²) in [6.07, 6.45) is -3.08. The van der Waals surface area contributed by atoms with Crippen LogP contribution in [0.5, 0.6) is 11.5 Å². The van der Waals surface area contributed by atoms with Gasteiger partial charge in [0.05, 0.1) is 17.8 Å². The monoisotopic (exact) mass is 631 g/mol. The number of carbonyl (C=O) groups is 1. The van der Waals surface area contributed by atoms with Gasteiger partial charge in [0.1, 0.15) is 23.1 Å². The molecule has 1 heterocycles. The van der Waals surface area contributed by atoms with Gasteiger partial charge in [0.2, 0.25) is 0 Å². The number of hydrogen-bond donors (Lipinski definition) is 2. The Balaban J connectivity index is 1.56. The number of carbonyl (C=O) groups excluding carboxylic acids is 1. The summed E-state index contributed by atoms with van der Waals surface area (Å²) in [6.45, 7) is 5.25. The average Bonchev–Trinajstić information content (AvgIpc) is 2.99. The average molecular weight is 632 g/mol. The van der Waals surface area contributed by atoms with E-state index in [1.165, 1.54) is 10.6 Å². The van der Waals surface area contributed by atoms with Crippen LogP contribution in [0.2, 0.25) is 0 Å². The minimum atomic E-state index is -4.90. The van der Waals surface area contributed by atoms with Crippen molar-refractivity contribution in [3.63, 3.8) is 0 Å². The largest absolute Gasteiger partial charge is 0.457 e. The molecule has 2 N–H and O–H groups in total. The van der Waals surface area contributed by atoms with Crippen molar-refractivity contribution in [1.82, 2.24) is 14.8 Å². The Kier molecular flexibility index (Phi) is 10.9. The van der Waals surface area contributed by atoms with Crippen LogP contribution in [0.3, 0.4) is 0 Å². The first-order valence-corrected chi connectivity index (χ1v) is 14.7. The van der Waals surface area contributed by atoms with Gasteiger partial charge >= 0.3 is 12.2 Å². The Hall–Kier alpha value is -5.08. The van der Waals surface area contributed by atoms with E-state index in [0.717, 1.165) is 42.1 Å². The van der Waals surface area contributed by atoms with E-state index in [1.54, 1.807) is 48.5 Å². The quantitative estimate of drug-likeness (QED) is 0.169. The highest BCUT2D eigenvalue weighted by Crippen LogP contribution is 2.35. The molecule has 2 amide bonds. The Morgan fingerprint density at radius 2 is 1.72 bits per heavy atom. The fraction of sp³-hybridized carbons (Fsp3) is 0.286. The van der Waals surface area contributed by atoms with E-state index in [9.17, 15) is 28.0 Å². The van der Waals surface area contributed by atoms with E-state index in [2.05, 4.69) is 15.5 Å². The van der Waals surface area contributed by atoms with Crippen LogP contribution in [0, 0.1) is 25.2 Å². The summed E-state index contributed by atoms with van der Waals surface area (Å²) in [4.78, 5) is 27.7. The van der Waals surface area contributed by atoms with Crippen molar-refractivity contribution in [3.8, 4) is 28.8 Å². The zero-order valence-electron chi connectivity index (χ0n) is 26.2. The second-order valence-electron chi connectivity index (χ2n) is 11.3. The van der Waals surface area contributed by atoms with Gasteiger partial charge in [0.15, 0.2) is 0 Å². The number of pyridine rings is 1. The number of urea groups is 1. The second-order valence-corrected chi connectivity index (χ2v) is 11.3. The van der Waals surface area contributed by atoms with Crippen LogP contribution in [-0.2, 0) is 12.7 Å². The van der Waals surface area contributed by atoms with E-state index in [0.29, 0.717) is 29.3 Å². The van der Waals surface area contributed by atoms with Crippen LogP contribution in [0.1, 0.15) is 40.7 Å². The molecule has 46 heavy (non-hydrogen) atoms. The van der Waals surface area contributed by atoms with Crippen molar-refractivity contribution in [2.75, 3.05) is 32.5 Å². The summed E-state index contributed by atoms with van der Waals surface area (Å²) in [5.41, 5.74) is 0.232. The Labute approximate surface area is 266 Å². The van der Waals surface area contributed by atoms with E-state index in [1.807, 2.05) is 46.1 Å². The summed E-state index contributed by atoms with van der Waals surface area (Å²) in [6, 6.07) is 20.6. The highest BCUT2D eigenvalue weighted by atomic mass is 19.4. The Morgan fingerprint density at radius 1 is 0.978 bits per heavy atom. The fourth-order valence-corrected chi connectivity index (χ4v) is 4.97. The summed E-state index contributed by atoms with van der Waals surface area (Å²) < 4.78 is 49.0. The molecule has 0 saturated heterocycles. The smallest absolute Gasteiger partial charge is 0.417 e. The molecule has 1 aromatic heterocycles.